The number of aryl methyl sites for hydroxylation is 1. The minimum Gasteiger partial charge on any atom is -0.393 e. The molecular weight excluding hydrogens is 356 g/mol. The van der Waals surface area contributed by atoms with Gasteiger partial charge >= 0.3 is 0 Å². The molecule has 1 fully saturated rings. The number of hydrogen-bond acceptors (Lipinski definition) is 4. The van der Waals surface area contributed by atoms with E-state index in [2.05, 4.69) is 0 Å². The van der Waals surface area contributed by atoms with Crippen molar-refractivity contribution >= 4 is 11.7 Å². The lowest BCUT2D eigenvalue weighted by atomic mass is 9.96. The minimum absolute atomic E-state index is 0.0372. The van der Waals surface area contributed by atoms with E-state index in [0.717, 1.165) is 17.1 Å². The second-order valence-corrected chi connectivity index (χ2v) is 7.75. The van der Waals surface area contributed by atoms with Gasteiger partial charge in [-0.2, -0.15) is 0 Å². The molecule has 0 spiro atoms. The lowest BCUT2D eigenvalue weighted by Gasteiger charge is -2.24. The smallest absolute Gasteiger partial charge is 0.253 e. The number of nitrogens with zero attached hydrogens (tertiary/aromatic N) is 2. The fourth-order valence-corrected chi connectivity index (χ4v) is 3.99. The molecule has 1 amide bonds. The summed E-state index contributed by atoms with van der Waals surface area (Å²) < 4.78 is 2.01. The van der Waals surface area contributed by atoms with Crippen molar-refractivity contribution in [2.24, 2.45) is 0 Å². The number of carbonyl (C=O) groups is 2. The normalized spacial score (nSPS) is 20.1. The number of rotatable bonds is 4. The van der Waals surface area contributed by atoms with Crippen LogP contribution in [0.2, 0.25) is 0 Å². The van der Waals surface area contributed by atoms with Crippen LogP contribution < -0.4 is 0 Å². The van der Waals surface area contributed by atoms with Gasteiger partial charge in [-0.25, -0.2) is 0 Å². The molecule has 6 nitrogen and oxygen atoms in total. The number of aromatic nitrogens is 1. The molecule has 6 heteroatoms. The molecule has 1 aliphatic heterocycles. The number of aliphatic hydroxyl groups is 2. The van der Waals surface area contributed by atoms with E-state index in [-0.39, 0.29) is 18.3 Å². The Labute approximate surface area is 165 Å². The molecule has 150 valence electrons. The van der Waals surface area contributed by atoms with Crippen molar-refractivity contribution in [1.29, 1.82) is 0 Å². The summed E-state index contributed by atoms with van der Waals surface area (Å²) >= 11 is 0. The Morgan fingerprint density at radius 3 is 2.36 bits per heavy atom. The maximum absolute atomic E-state index is 12.9. The van der Waals surface area contributed by atoms with E-state index in [1.165, 1.54) is 0 Å². The van der Waals surface area contributed by atoms with Crippen molar-refractivity contribution in [3.05, 3.63) is 52.8 Å². The van der Waals surface area contributed by atoms with E-state index in [0.29, 0.717) is 43.5 Å². The largest absolute Gasteiger partial charge is 0.393 e. The van der Waals surface area contributed by atoms with Gasteiger partial charge in [-0.15, -0.1) is 0 Å². The van der Waals surface area contributed by atoms with Gasteiger partial charge in [0.05, 0.1) is 12.2 Å². The number of carbonyl (C=O) groups excluding carboxylic acids is 2. The summed E-state index contributed by atoms with van der Waals surface area (Å²) in [5.74, 6) is -0.0331. The standard InChI is InChI=1S/C22H28N2O4/c1-15-13-20(17(3)26)16(2)24(15)19-7-5-18(6-8-19)21(27)23-11-4-9-22(28,14-25)10-12-23/h5-8,13,25,28H,4,9-12,14H2,1-3H3/t22-/m1/s1. The predicted octanol–water partition coefficient (Wildman–Crippen LogP) is 2.65. The van der Waals surface area contributed by atoms with E-state index in [4.69, 9.17) is 0 Å². The Morgan fingerprint density at radius 1 is 1.11 bits per heavy atom. The molecule has 1 saturated heterocycles. The van der Waals surface area contributed by atoms with Crippen molar-refractivity contribution in [1.82, 2.24) is 9.47 Å². The number of Topliss-reactive ketones (excluding diaryl/α,β-unsaturated/α-hetero) is 1. The summed E-state index contributed by atoms with van der Waals surface area (Å²) in [7, 11) is 0. The molecule has 0 radical (unpaired) electrons. The molecule has 1 aromatic carbocycles. The van der Waals surface area contributed by atoms with Crippen LogP contribution in [0.3, 0.4) is 0 Å². The number of ketones is 1. The lowest BCUT2D eigenvalue weighted by Crippen LogP contribution is -2.36. The Balaban J connectivity index is 1.80. The third-order valence-electron chi connectivity index (χ3n) is 5.68. The third kappa shape index (κ3) is 3.88. The van der Waals surface area contributed by atoms with E-state index in [9.17, 15) is 19.8 Å². The quantitative estimate of drug-likeness (QED) is 0.794. The Kier molecular flexibility index (Phi) is 5.72. The topological polar surface area (TPSA) is 82.8 Å². The maximum atomic E-state index is 12.9. The van der Waals surface area contributed by atoms with Gasteiger partial charge in [-0.05, 0) is 70.4 Å². The summed E-state index contributed by atoms with van der Waals surface area (Å²) in [4.78, 5) is 26.4. The average molecular weight is 384 g/mol. The maximum Gasteiger partial charge on any atom is 0.253 e. The number of benzene rings is 1. The summed E-state index contributed by atoms with van der Waals surface area (Å²) in [6, 6.07) is 9.26. The van der Waals surface area contributed by atoms with Crippen LogP contribution in [0, 0.1) is 13.8 Å². The molecule has 1 aliphatic rings. The number of aliphatic hydroxyl groups excluding tert-OH is 1. The summed E-state index contributed by atoms with van der Waals surface area (Å²) in [6.07, 6.45) is 1.54. The molecule has 0 bridgehead atoms. The van der Waals surface area contributed by atoms with Gasteiger partial charge in [0.25, 0.3) is 5.91 Å². The van der Waals surface area contributed by atoms with Crippen molar-refractivity contribution < 1.29 is 19.8 Å². The summed E-state index contributed by atoms with van der Waals surface area (Å²) in [5.41, 5.74) is 2.98. The van der Waals surface area contributed by atoms with Gasteiger partial charge < -0.3 is 19.7 Å². The van der Waals surface area contributed by atoms with Crippen molar-refractivity contribution in [2.75, 3.05) is 19.7 Å². The van der Waals surface area contributed by atoms with Crippen LogP contribution in [-0.2, 0) is 0 Å². The van der Waals surface area contributed by atoms with Crippen LogP contribution in [0.15, 0.2) is 30.3 Å². The number of likely N-dealkylation sites (tertiary alicyclic amines) is 1. The Hall–Kier alpha value is -2.44. The van der Waals surface area contributed by atoms with Crippen LogP contribution in [0.5, 0.6) is 0 Å². The molecule has 1 aromatic heterocycles. The third-order valence-corrected chi connectivity index (χ3v) is 5.68. The highest BCUT2D eigenvalue weighted by Gasteiger charge is 2.31. The van der Waals surface area contributed by atoms with Crippen molar-refractivity contribution in [3.63, 3.8) is 0 Å². The second-order valence-electron chi connectivity index (χ2n) is 7.75. The second kappa shape index (κ2) is 7.89. The van der Waals surface area contributed by atoms with Crippen LogP contribution >= 0.6 is 0 Å². The molecule has 1 atom stereocenters. The van der Waals surface area contributed by atoms with E-state index < -0.39 is 5.60 Å². The first kappa shape index (κ1) is 20.3. The monoisotopic (exact) mass is 384 g/mol. The SMILES string of the molecule is CC(=O)c1cc(C)n(-c2ccc(C(=O)N3CCC[C@](O)(CO)CC3)cc2)c1C. The van der Waals surface area contributed by atoms with Gasteiger partial charge in [-0.3, -0.25) is 9.59 Å². The molecule has 0 aliphatic carbocycles. The fraction of sp³-hybridized carbons (Fsp3) is 0.455. The molecule has 2 heterocycles. The Morgan fingerprint density at radius 2 is 1.79 bits per heavy atom. The molecule has 28 heavy (non-hydrogen) atoms. The van der Waals surface area contributed by atoms with Gasteiger partial charge in [-0.1, -0.05) is 0 Å². The predicted molar refractivity (Wildman–Crippen MR) is 107 cm³/mol. The lowest BCUT2D eigenvalue weighted by molar-refractivity contribution is -0.0250. The average Bonchev–Trinajstić information content (AvgIpc) is 2.85. The fourth-order valence-electron chi connectivity index (χ4n) is 3.99. The van der Waals surface area contributed by atoms with E-state index >= 15 is 0 Å². The zero-order chi connectivity index (χ0) is 20.5. The van der Waals surface area contributed by atoms with Crippen molar-refractivity contribution in [2.45, 2.75) is 45.6 Å². The van der Waals surface area contributed by atoms with Crippen LogP contribution in [0.25, 0.3) is 5.69 Å². The molecule has 3 rings (SSSR count). The summed E-state index contributed by atoms with van der Waals surface area (Å²) in [6.45, 7) is 6.16. The highest BCUT2D eigenvalue weighted by atomic mass is 16.3. The highest BCUT2D eigenvalue weighted by Crippen LogP contribution is 2.24. The minimum atomic E-state index is -1.09. The van der Waals surface area contributed by atoms with Crippen LogP contribution in [-0.4, -0.2) is 56.7 Å². The van der Waals surface area contributed by atoms with Crippen LogP contribution in [0.1, 0.15) is 58.3 Å². The molecular formula is C22H28N2O4. The first-order valence-electron chi connectivity index (χ1n) is 9.68. The number of amides is 1. The van der Waals surface area contributed by atoms with E-state index in [1.807, 2.05) is 36.6 Å². The van der Waals surface area contributed by atoms with Crippen LogP contribution in [0.4, 0.5) is 0 Å². The first-order chi connectivity index (χ1) is 13.3. The van der Waals surface area contributed by atoms with Gasteiger partial charge in [0.1, 0.15) is 0 Å². The Bertz CT molecular complexity index is 885. The van der Waals surface area contributed by atoms with Gasteiger partial charge in [0, 0.05) is 41.3 Å². The summed E-state index contributed by atoms with van der Waals surface area (Å²) in [5, 5.41) is 19.6. The van der Waals surface area contributed by atoms with Crippen molar-refractivity contribution in [3.8, 4) is 5.69 Å². The zero-order valence-electron chi connectivity index (χ0n) is 16.7. The first-order valence-corrected chi connectivity index (χ1v) is 9.68. The molecule has 0 unspecified atom stereocenters. The van der Waals surface area contributed by atoms with Gasteiger partial charge in [0.2, 0.25) is 0 Å². The zero-order valence-corrected chi connectivity index (χ0v) is 16.7. The van der Waals surface area contributed by atoms with E-state index in [1.54, 1.807) is 24.0 Å². The van der Waals surface area contributed by atoms with Gasteiger partial charge in [0.15, 0.2) is 5.78 Å². The molecule has 2 aromatic rings. The molecule has 0 saturated carbocycles. The molecule has 2 N–H and O–H groups in total. The highest BCUT2D eigenvalue weighted by molar-refractivity contribution is 5.96. The number of hydrogen-bond donors (Lipinski definition) is 2.